The van der Waals surface area contributed by atoms with Gasteiger partial charge in [0.2, 0.25) is 0 Å². The first-order chi connectivity index (χ1) is 23.8. The summed E-state index contributed by atoms with van der Waals surface area (Å²) in [4.78, 5) is 0. The van der Waals surface area contributed by atoms with Crippen molar-refractivity contribution in [1.82, 2.24) is 0 Å². The van der Waals surface area contributed by atoms with Crippen molar-refractivity contribution in [3.8, 4) is 44.5 Å². The van der Waals surface area contributed by atoms with Crippen LogP contribution in [-0.2, 0) is 0 Å². The van der Waals surface area contributed by atoms with Crippen LogP contribution in [0.25, 0.3) is 99.0 Å². The number of benzene rings is 8. The molecule has 0 atom stereocenters. The minimum Gasteiger partial charge on any atom is -0.460 e. The van der Waals surface area contributed by atoms with E-state index in [1.807, 2.05) is 12.3 Å². The first-order valence-corrected chi connectivity index (χ1v) is 16.3. The summed E-state index contributed by atoms with van der Waals surface area (Å²) in [5.74, 6) is 0. The zero-order valence-electron chi connectivity index (χ0n) is 26.0. The summed E-state index contributed by atoms with van der Waals surface area (Å²) in [6.45, 7) is 0. The van der Waals surface area contributed by atoms with Crippen LogP contribution in [0, 0.1) is 0 Å². The molecule has 2 heterocycles. The molecule has 2 heteroatoms. The van der Waals surface area contributed by atoms with Crippen molar-refractivity contribution in [2.75, 3.05) is 0 Å². The first-order valence-electron chi connectivity index (χ1n) is 16.3. The lowest BCUT2D eigenvalue weighted by Gasteiger charge is -2.18. The van der Waals surface area contributed by atoms with Crippen LogP contribution in [0.3, 0.4) is 0 Å². The van der Waals surface area contributed by atoms with Gasteiger partial charge in [-0.2, -0.15) is 0 Å². The summed E-state index contributed by atoms with van der Waals surface area (Å²) in [5, 5.41) is 7.99. The lowest BCUT2D eigenvalue weighted by atomic mass is 9.85. The van der Waals surface area contributed by atoms with Crippen LogP contribution in [0.1, 0.15) is 0 Å². The number of furan rings is 2. The number of hydrogen-bond donors (Lipinski definition) is 0. The molecule has 0 fully saturated rings. The third-order valence-corrected chi connectivity index (χ3v) is 9.75. The number of para-hydroxylation sites is 1. The Hall–Kier alpha value is -6.38. The second kappa shape index (κ2) is 10.6. The molecule has 224 valence electrons. The van der Waals surface area contributed by atoms with E-state index in [1.54, 1.807) is 0 Å². The van der Waals surface area contributed by atoms with E-state index in [1.165, 1.54) is 49.4 Å². The Morgan fingerprint density at radius 3 is 1.52 bits per heavy atom. The molecule has 0 N–H and O–H groups in total. The lowest BCUT2D eigenvalue weighted by molar-refractivity contribution is 0.601. The SMILES string of the molecule is c1ccc(-c2cccc(-c3c4ccccc4c(-c4cccc5c4oc4c5ccc5c(-c6ccccc6)coc54)c4ccccc34)c2)cc1. The molecule has 0 spiro atoms. The quantitative estimate of drug-likeness (QED) is 0.185. The molecule has 10 aromatic rings. The zero-order chi connectivity index (χ0) is 31.6. The first kappa shape index (κ1) is 26.8. The van der Waals surface area contributed by atoms with E-state index in [-0.39, 0.29) is 0 Å². The minimum absolute atomic E-state index is 0.775. The Kier molecular flexibility index (Phi) is 5.91. The monoisotopic (exact) mass is 612 g/mol. The average Bonchev–Trinajstić information content (AvgIpc) is 3.77. The Morgan fingerprint density at radius 2 is 0.812 bits per heavy atom. The summed E-state index contributed by atoms with van der Waals surface area (Å²) in [5.41, 5.74) is 11.7. The predicted octanol–water partition coefficient (Wildman–Crippen LogP) is 13.3. The van der Waals surface area contributed by atoms with Gasteiger partial charge in [0, 0.05) is 32.8 Å². The van der Waals surface area contributed by atoms with Crippen LogP contribution < -0.4 is 0 Å². The Bertz CT molecular complexity index is 2760. The van der Waals surface area contributed by atoms with Gasteiger partial charge in [0.15, 0.2) is 11.2 Å². The molecule has 0 aliphatic heterocycles. The standard InChI is InChI=1S/C46H28O2/c1-3-13-29(14-4-1)31-17-11-18-32(27-31)42-33-19-7-9-21-35(33)43(36-22-10-8-20-34(36)42)40-24-12-23-37-38-25-26-39-41(30-15-5-2-6-16-30)28-47-45(39)46(38)48-44(37)40/h1-28H. The van der Waals surface area contributed by atoms with Crippen LogP contribution in [0.4, 0.5) is 0 Å². The summed E-state index contributed by atoms with van der Waals surface area (Å²) in [6.07, 6.45) is 1.85. The molecule has 0 aliphatic rings. The molecule has 2 aromatic heterocycles. The molecular weight excluding hydrogens is 585 g/mol. The molecule has 0 bridgehead atoms. The molecule has 2 nitrogen and oxygen atoms in total. The maximum Gasteiger partial charge on any atom is 0.178 e. The Labute approximate surface area is 277 Å². The van der Waals surface area contributed by atoms with E-state index in [0.717, 1.165) is 49.6 Å². The van der Waals surface area contributed by atoms with Crippen molar-refractivity contribution in [1.29, 1.82) is 0 Å². The molecule has 0 saturated heterocycles. The van der Waals surface area contributed by atoms with Gasteiger partial charge in [-0.05, 0) is 67.6 Å². The van der Waals surface area contributed by atoms with Crippen molar-refractivity contribution < 1.29 is 8.83 Å². The maximum absolute atomic E-state index is 6.88. The van der Waals surface area contributed by atoms with E-state index >= 15 is 0 Å². The van der Waals surface area contributed by atoms with Crippen molar-refractivity contribution in [2.45, 2.75) is 0 Å². The highest BCUT2D eigenvalue weighted by molar-refractivity contribution is 6.25. The van der Waals surface area contributed by atoms with Crippen LogP contribution in [-0.4, -0.2) is 0 Å². The highest BCUT2D eigenvalue weighted by atomic mass is 16.4. The molecule has 48 heavy (non-hydrogen) atoms. The van der Waals surface area contributed by atoms with Gasteiger partial charge >= 0.3 is 0 Å². The highest BCUT2D eigenvalue weighted by Crippen LogP contribution is 2.47. The number of rotatable bonds is 4. The third-order valence-electron chi connectivity index (χ3n) is 9.75. The fraction of sp³-hybridized carbons (Fsp3) is 0. The van der Waals surface area contributed by atoms with E-state index in [0.29, 0.717) is 0 Å². The van der Waals surface area contributed by atoms with E-state index in [2.05, 4.69) is 158 Å². The van der Waals surface area contributed by atoms with Gasteiger partial charge in [-0.1, -0.05) is 146 Å². The van der Waals surface area contributed by atoms with Gasteiger partial charge in [-0.25, -0.2) is 0 Å². The number of hydrogen-bond acceptors (Lipinski definition) is 2. The van der Waals surface area contributed by atoms with E-state index < -0.39 is 0 Å². The largest absolute Gasteiger partial charge is 0.460 e. The van der Waals surface area contributed by atoms with E-state index in [9.17, 15) is 0 Å². The second-order valence-corrected chi connectivity index (χ2v) is 12.4. The normalized spacial score (nSPS) is 11.8. The maximum atomic E-state index is 6.88. The summed E-state index contributed by atoms with van der Waals surface area (Å²) in [6, 6.07) is 58.3. The van der Waals surface area contributed by atoms with Crippen molar-refractivity contribution in [3.63, 3.8) is 0 Å². The van der Waals surface area contributed by atoms with Gasteiger partial charge in [0.1, 0.15) is 5.58 Å². The van der Waals surface area contributed by atoms with Gasteiger partial charge in [-0.15, -0.1) is 0 Å². The van der Waals surface area contributed by atoms with Crippen molar-refractivity contribution >= 4 is 54.5 Å². The topological polar surface area (TPSA) is 26.3 Å². The number of fused-ring (bicyclic) bond motifs is 7. The van der Waals surface area contributed by atoms with Gasteiger partial charge in [-0.3, -0.25) is 0 Å². The molecule has 8 aromatic carbocycles. The Morgan fingerprint density at radius 1 is 0.292 bits per heavy atom. The molecule has 0 radical (unpaired) electrons. The predicted molar refractivity (Wildman–Crippen MR) is 200 cm³/mol. The van der Waals surface area contributed by atoms with E-state index in [4.69, 9.17) is 8.83 Å². The fourth-order valence-corrected chi connectivity index (χ4v) is 7.60. The van der Waals surface area contributed by atoms with Crippen LogP contribution >= 0.6 is 0 Å². The molecule has 0 aliphatic carbocycles. The van der Waals surface area contributed by atoms with Crippen molar-refractivity contribution in [2.24, 2.45) is 0 Å². The molecule has 10 rings (SSSR count). The third kappa shape index (κ3) is 4.00. The average molecular weight is 613 g/mol. The lowest BCUT2D eigenvalue weighted by Crippen LogP contribution is -1.91. The van der Waals surface area contributed by atoms with Crippen LogP contribution in [0.15, 0.2) is 179 Å². The summed E-state index contributed by atoms with van der Waals surface area (Å²) >= 11 is 0. The van der Waals surface area contributed by atoms with Crippen LogP contribution in [0.5, 0.6) is 0 Å². The van der Waals surface area contributed by atoms with Gasteiger partial charge < -0.3 is 8.83 Å². The minimum atomic E-state index is 0.775. The fourth-order valence-electron chi connectivity index (χ4n) is 7.60. The molecule has 0 unspecified atom stereocenters. The Balaban J connectivity index is 1.25. The second-order valence-electron chi connectivity index (χ2n) is 12.4. The highest BCUT2D eigenvalue weighted by Gasteiger charge is 2.22. The summed E-state index contributed by atoms with van der Waals surface area (Å²) in [7, 11) is 0. The molecule has 0 saturated carbocycles. The van der Waals surface area contributed by atoms with Crippen molar-refractivity contribution in [3.05, 3.63) is 170 Å². The van der Waals surface area contributed by atoms with Crippen LogP contribution in [0.2, 0.25) is 0 Å². The molecular formula is C46H28O2. The summed E-state index contributed by atoms with van der Waals surface area (Å²) < 4.78 is 13.1. The van der Waals surface area contributed by atoms with Gasteiger partial charge in [0.05, 0.1) is 6.26 Å². The smallest absolute Gasteiger partial charge is 0.178 e. The van der Waals surface area contributed by atoms with Gasteiger partial charge in [0.25, 0.3) is 0 Å². The molecule has 0 amide bonds. The zero-order valence-corrected chi connectivity index (χ0v) is 26.0.